The Labute approximate surface area is 104 Å². The molecule has 1 fully saturated rings. The number of morpholine rings is 1. The molecule has 0 radical (unpaired) electrons. The minimum absolute atomic E-state index is 0.144. The Morgan fingerprint density at radius 3 is 2.59 bits per heavy atom. The van der Waals surface area contributed by atoms with Crippen LogP contribution >= 0.6 is 0 Å². The molecule has 96 valence electrons. The van der Waals surface area contributed by atoms with E-state index in [4.69, 9.17) is 4.74 Å². The van der Waals surface area contributed by atoms with Crippen molar-refractivity contribution in [2.45, 2.75) is 26.8 Å². The summed E-state index contributed by atoms with van der Waals surface area (Å²) in [6, 6.07) is -0.144. The number of ether oxygens (including phenoxy) is 1. The van der Waals surface area contributed by atoms with Crippen molar-refractivity contribution in [3.8, 4) is 11.8 Å². The molecule has 1 saturated heterocycles. The van der Waals surface area contributed by atoms with E-state index in [9.17, 15) is 4.79 Å². The van der Waals surface area contributed by atoms with Gasteiger partial charge in [-0.3, -0.25) is 10.1 Å². The summed E-state index contributed by atoms with van der Waals surface area (Å²) in [4.78, 5) is 14.2. The van der Waals surface area contributed by atoms with E-state index >= 15 is 0 Å². The minimum Gasteiger partial charge on any atom is -0.378 e. The predicted octanol–water partition coefficient (Wildman–Crippen LogP) is 0.483. The molecular formula is C13H22N2O2. The van der Waals surface area contributed by atoms with Gasteiger partial charge in [0, 0.05) is 13.1 Å². The van der Waals surface area contributed by atoms with Crippen molar-refractivity contribution >= 4 is 5.91 Å². The molecule has 4 nitrogen and oxygen atoms in total. The van der Waals surface area contributed by atoms with E-state index in [1.54, 1.807) is 6.92 Å². The second-order valence-corrected chi connectivity index (χ2v) is 4.47. The van der Waals surface area contributed by atoms with E-state index in [1.165, 1.54) is 0 Å². The average molecular weight is 238 g/mol. The maximum Gasteiger partial charge on any atom is 0.240 e. The molecular weight excluding hydrogens is 216 g/mol. The van der Waals surface area contributed by atoms with E-state index < -0.39 is 0 Å². The number of amides is 1. The van der Waals surface area contributed by atoms with Crippen molar-refractivity contribution in [1.29, 1.82) is 0 Å². The quantitative estimate of drug-likeness (QED) is 0.724. The van der Waals surface area contributed by atoms with Gasteiger partial charge in [-0.2, -0.15) is 0 Å². The van der Waals surface area contributed by atoms with Gasteiger partial charge in [0.05, 0.1) is 25.8 Å². The highest BCUT2D eigenvalue weighted by molar-refractivity contribution is 5.82. The van der Waals surface area contributed by atoms with Crippen LogP contribution in [0.25, 0.3) is 0 Å². The zero-order chi connectivity index (χ0) is 12.7. The molecule has 1 amide bonds. The summed E-state index contributed by atoms with van der Waals surface area (Å²) in [5.41, 5.74) is 0. The molecule has 17 heavy (non-hydrogen) atoms. The predicted molar refractivity (Wildman–Crippen MR) is 67.5 cm³/mol. The molecule has 0 aliphatic carbocycles. The summed E-state index contributed by atoms with van der Waals surface area (Å²) >= 11 is 0. The van der Waals surface area contributed by atoms with Gasteiger partial charge in [0.2, 0.25) is 5.91 Å². The van der Waals surface area contributed by atoms with E-state index in [0.29, 0.717) is 32.8 Å². The molecule has 1 atom stereocenters. The van der Waals surface area contributed by atoms with Crippen molar-refractivity contribution in [2.75, 3.05) is 32.8 Å². The van der Waals surface area contributed by atoms with Gasteiger partial charge < -0.3 is 9.64 Å². The summed E-state index contributed by atoms with van der Waals surface area (Å²) < 4.78 is 5.25. The highest BCUT2D eigenvalue weighted by Crippen LogP contribution is 2.08. The van der Waals surface area contributed by atoms with Crippen LogP contribution in [0, 0.1) is 17.8 Å². The van der Waals surface area contributed by atoms with Crippen LogP contribution in [0.1, 0.15) is 20.8 Å². The molecule has 0 unspecified atom stereocenters. The van der Waals surface area contributed by atoms with Crippen molar-refractivity contribution in [3.63, 3.8) is 0 Å². The summed E-state index contributed by atoms with van der Waals surface area (Å²) in [6.07, 6.45) is 0. The van der Waals surface area contributed by atoms with Crippen LogP contribution in [0.2, 0.25) is 0 Å². The Morgan fingerprint density at radius 1 is 1.41 bits per heavy atom. The van der Waals surface area contributed by atoms with E-state index in [2.05, 4.69) is 31.0 Å². The van der Waals surface area contributed by atoms with Gasteiger partial charge in [0.15, 0.2) is 0 Å². The fourth-order valence-corrected chi connectivity index (χ4v) is 1.84. The molecule has 0 aromatic heterocycles. The third-order valence-corrected chi connectivity index (χ3v) is 2.84. The SMILES string of the molecule is CC#CCN[C@@H](C(=O)N1CCOCC1)C(C)C. The smallest absolute Gasteiger partial charge is 0.240 e. The summed E-state index contributed by atoms with van der Waals surface area (Å²) in [5, 5.41) is 3.21. The Morgan fingerprint density at radius 2 is 2.06 bits per heavy atom. The largest absolute Gasteiger partial charge is 0.378 e. The Balaban J connectivity index is 2.54. The third-order valence-electron chi connectivity index (χ3n) is 2.84. The normalized spacial score (nSPS) is 17.5. The van der Waals surface area contributed by atoms with Gasteiger partial charge in [-0.15, -0.1) is 5.92 Å². The molecule has 1 aliphatic heterocycles. The number of carbonyl (C=O) groups excluding carboxylic acids is 1. The standard InChI is InChI=1S/C13H22N2O2/c1-4-5-6-14-12(11(2)3)13(16)15-7-9-17-10-8-15/h11-12,14H,6-10H2,1-3H3/t12-/m1/s1. The van der Waals surface area contributed by atoms with Crippen LogP contribution in [0.4, 0.5) is 0 Å². The van der Waals surface area contributed by atoms with Crippen LogP contribution in [0.3, 0.4) is 0 Å². The van der Waals surface area contributed by atoms with Crippen LogP contribution < -0.4 is 5.32 Å². The van der Waals surface area contributed by atoms with E-state index in [0.717, 1.165) is 0 Å². The van der Waals surface area contributed by atoms with Crippen molar-refractivity contribution in [2.24, 2.45) is 5.92 Å². The summed E-state index contributed by atoms with van der Waals surface area (Å²) in [7, 11) is 0. The summed E-state index contributed by atoms with van der Waals surface area (Å²) in [6.45, 7) is 9.15. The van der Waals surface area contributed by atoms with E-state index in [-0.39, 0.29) is 17.9 Å². The molecule has 0 bridgehead atoms. The maximum atomic E-state index is 12.3. The molecule has 1 heterocycles. The lowest BCUT2D eigenvalue weighted by molar-refractivity contribution is -0.138. The van der Waals surface area contributed by atoms with Crippen molar-refractivity contribution < 1.29 is 9.53 Å². The first-order chi connectivity index (χ1) is 8.16. The number of carbonyl (C=O) groups is 1. The third kappa shape index (κ3) is 4.37. The monoisotopic (exact) mass is 238 g/mol. The molecule has 0 saturated carbocycles. The van der Waals surface area contributed by atoms with Crippen molar-refractivity contribution in [1.82, 2.24) is 10.2 Å². The second kappa shape index (κ2) is 7.31. The fraction of sp³-hybridized carbons (Fsp3) is 0.769. The fourth-order valence-electron chi connectivity index (χ4n) is 1.84. The molecule has 4 heteroatoms. The van der Waals surface area contributed by atoms with Crippen LogP contribution in [-0.2, 0) is 9.53 Å². The number of rotatable bonds is 4. The zero-order valence-electron chi connectivity index (χ0n) is 11.0. The lowest BCUT2D eigenvalue weighted by atomic mass is 10.0. The molecule has 1 N–H and O–H groups in total. The highest BCUT2D eigenvalue weighted by atomic mass is 16.5. The molecule has 0 spiro atoms. The highest BCUT2D eigenvalue weighted by Gasteiger charge is 2.27. The number of nitrogens with zero attached hydrogens (tertiary/aromatic N) is 1. The second-order valence-electron chi connectivity index (χ2n) is 4.47. The van der Waals surface area contributed by atoms with Gasteiger partial charge in [0.1, 0.15) is 0 Å². The van der Waals surface area contributed by atoms with Gasteiger partial charge in [-0.05, 0) is 12.8 Å². The van der Waals surface area contributed by atoms with Gasteiger partial charge >= 0.3 is 0 Å². The maximum absolute atomic E-state index is 12.3. The topological polar surface area (TPSA) is 41.6 Å². The minimum atomic E-state index is -0.144. The van der Waals surface area contributed by atoms with Crippen LogP contribution in [0.5, 0.6) is 0 Å². The molecule has 1 rings (SSSR count). The first-order valence-electron chi connectivity index (χ1n) is 6.16. The van der Waals surface area contributed by atoms with Crippen LogP contribution in [0.15, 0.2) is 0 Å². The Kier molecular flexibility index (Phi) is 6.03. The number of hydrogen-bond acceptors (Lipinski definition) is 3. The Bertz CT molecular complexity index is 298. The Hall–Kier alpha value is -1.05. The van der Waals surface area contributed by atoms with Gasteiger partial charge in [-0.25, -0.2) is 0 Å². The van der Waals surface area contributed by atoms with Crippen LogP contribution in [-0.4, -0.2) is 49.7 Å². The van der Waals surface area contributed by atoms with E-state index in [1.807, 2.05) is 4.90 Å². The van der Waals surface area contributed by atoms with Crippen molar-refractivity contribution in [3.05, 3.63) is 0 Å². The number of hydrogen-bond donors (Lipinski definition) is 1. The molecule has 0 aromatic rings. The lowest BCUT2D eigenvalue weighted by Gasteiger charge is -2.32. The summed E-state index contributed by atoms with van der Waals surface area (Å²) in [5.74, 6) is 6.19. The zero-order valence-corrected chi connectivity index (χ0v) is 11.0. The lowest BCUT2D eigenvalue weighted by Crippen LogP contribution is -2.52. The molecule has 1 aliphatic rings. The van der Waals surface area contributed by atoms with Gasteiger partial charge in [-0.1, -0.05) is 19.8 Å². The first-order valence-corrected chi connectivity index (χ1v) is 6.16. The number of nitrogens with one attached hydrogen (secondary N) is 1. The molecule has 0 aromatic carbocycles. The van der Waals surface area contributed by atoms with Gasteiger partial charge in [0.25, 0.3) is 0 Å². The average Bonchev–Trinajstić information content (AvgIpc) is 2.34. The first kappa shape index (κ1) is 14.0.